The first-order valence-electron chi connectivity index (χ1n) is 9.87. The van der Waals surface area contributed by atoms with Crippen LogP contribution in [0.4, 0.5) is 4.79 Å². The highest BCUT2D eigenvalue weighted by atomic mass is 16.6. The number of aromatic nitrogens is 2. The van der Waals surface area contributed by atoms with Crippen molar-refractivity contribution in [2.24, 2.45) is 11.8 Å². The number of amides is 1. The maximum absolute atomic E-state index is 12.3. The average Bonchev–Trinajstić information content (AvgIpc) is 3.20. The molecule has 6 heteroatoms. The van der Waals surface area contributed by atoms with Crippen LogP contribution in [0.15, 0.2) is 43.0 Å². The van der Waals surface area contributed by atoms with Crippen molar-refractivity contribution < 1.29 is 14.3 Å². The van der Waals surface area contributed by atoms with Gasteiger partial charge in [0.25, 0.3) is 0 Å². The highest BCUT2D eigenvalue weighted by Crippen LogP contribution is 2.40. The lowest BCUT2D eigenvalue weighted by molar-refractivity contribution is 0.0272. The number of fused-ring (bicyclic) bond motifs is 1. The van der Waals surface area contributed by atoms with Crippen molar-refractivity contribution in [3.63, 3.8) is 0 Å². The molecule has 0 radical (unpaired) electrons. The summed E-state index contributed by atoms with van der Waals surface area (Å²) in [5.74, 6) is 1.85. The maximum Gasteiger partial charge on any atom is 0.410 e. The Hall–Kier alpha value is -2.63. The molecule has 4 rings (SSSR count). The predicted molar refractivity (Wildman–Crippen MR) is 106 cm³/mol. The van der Waals surface area contributed by atoms with Crippen LogP contribution in [0.2, 0.25) is 0 Å². The highest BCUT2D eigenvalue weighted by molar-refractivity contribution is 5.68. The second-order valence-corrected chi connectivity index (χ2v) is 8.77. The molecule has 1 unspecified atom stereocenters. The Balaban J connectivity index is 1.34. The smallest absolute Gasteiger partial charge is 0.410 e. The van der Waals surface area contributed by atoms with Gasteiger partial charge in [0.1, 0.15) is 17.7 Å². The highest BCUT2D eigenvalue weighted by Gasteiger charge is 2.44. The van der Waals surface area contributed by atoms with Gasteiger partial charge in [0.2, 0.25) is 0 Å². The molecule has 0 bridgehead atoms. The molecule has 6 nitrogen and oxygen atoms in total. The molecular weight excluding hydrogens is 354 g/mol. The summed E-state index contributed by atoms with van der Waals surface area (Å²) in [6.07, 6.45) is 7.08. The van der Waals surface area contributed by atoms with E-state index in [1.165, 1.54) is 6.33 Å². The van der Waals surface area contributed by atoms with Gasteiger partial charge in [0.15, 0.2) is 0 Å². The molecule has 1 saturated heterocycles. The summed E-state index contributed by atoms with van der Waals surface area (Å²) >= 11 is 0. The number of likely N-dealkylation sites (tertiary alicyclic amines) is 1. The van der Waals surface area contributed by atoms with Crippen LogP contribution in [-0.4, -0.2) is 45.8 Å². The summed E-state index contributed by atoms with van der Waals surface area (Å²) in [6.45, 7) is 7.24. The Kier molecular flexibility index (Phi) is 4.96. The van der Waals surface area contributed by atoms with Crippen molar-refractivity contribution in [1.29, 1.82) is 0 Å². The van der Waals surface area contributed by atoms with E-state index in [2.05, 4.69) is 9.97 Å². The van der Waals surface area contributed by atoms with Gasteiger partial charge in [0.05, 0.1) is 6.10 Å². The number of rotatable bonds is 3. The van der Waals surface area contributed by atoms with Gasteiger partial charge in [-0.2, -0.15) is 0 Å². The molecule has 0 spiro atoms. The summed E-state index contributed by atoms with van der Waals surface area (Å²) in [5.41, 5.74) is 1.58. The molecule has 1 aliphatic carbocycles. The standard InChI is InChI=1S/C22H27N3O3/c1-22(2,3)28-21(26)25-12-16-8-20(9-17(16)13-25)27-19-6-4-5-15(7-19)18-10-23-14-24-11-18/h4-7,10-11,14,16-17,20H,8-9,12-13H2,1-3H3/t16-,17+,20?. The number of ether oxygens (including phenoxy) is 2. The lowest BCUT2D eigenvalue weighted by atomic mass is 10.0. The van der Waals surface area contributed by atoms with Crippen LogP contribution < -0.4 is 4.74 Å². The van der Waals surface area contributed by atoms with Gasteiger partial charge < -0.3 is 14.4 Å². The average molecular weight is 381 g/mol. The Morgan fingerprint density at radius 1 is 1.07 bits per heavy atom. The van der Waals surface area contributed by atoms with Crippen LogP contribution >= 0.6 is 0 Å². The molecule has 28 heavy (non-hydrogen) atoms. The van der Waals surface area contributed by atoms with Crippen LogP contribution in [0.3, 0.4) is 0 Å². The maximum atomic E-state index is 12.3. The molecule has 1 aromatic carbocycles. The van der Waals surface area contributed by atoms with Crippen molar-refractivity contribution in [1.82, 2.24) is 14.9 Å². The summed E-state index contributed by atoms with van der Waals surface area (Å²) < 4.78 is 11.8. The number of carbonyl (C=O) groups is 1. The fraction of sp³-hybridized carbons (Fsp3) is 0.500. The summed E-state index contributed by atoms with van der Waals surface area (Å²) in [4.78, 5) is 22.3. The molecule has 1 amide bonds. The topological polar surface area (TPSA) is 64.5 Å². The molecule has 2 aliphatic rings. The zero-order valence-corrected chi connectivity index (χ0v) is 16.7. The largest absolute Gasteiger partial charge is 0.490 e. The summed E-state index contributed by atoms with van der Waals surface area (Å²) in [5, 5.41) is 0. The van der Waals surface area contributed by atoms with Gasteiger partial charge in [-0.15, -0.1) is 0 Å². The van der Waals surface area contributed by atoms with E-state index >= 15 is 0 Å². The third kappa shape index (κ3) is 4.26. The molecule has 0 N–H and O–H groups in total. The van der Waals surface area contributed by atoms with Gasteiger partial charge in [0, 0.05) is 31.0 Å². The van der Waals surface area contributed by atoms with E-state index in [0.717, 1.165) is 42.8 Å². The quantitative estimate of drug-likeness (QED) is 0.798. The second kappa shape index (κ2) is 7.41. The lowest BCUT2D eigenvalue weighted by Crippen LogP contribution is -2.36. The number of nitrogens with zero attached hydrogens (tertiary/aromatic N) is 3. The summed E-state index contributed by atoms with van der Waals surface area (Å²) in [6, 6.07) is 8.07. The normalized spacial score (nSPS) is 24.1. The first-order chi connectivity index (χ1) is 13.4. The van der Waals surface area contributed by atoms with Crippen LogP contribution in [0.1, 0.15) is 33.6 Å². The van der Waals surface area contributed by atoms with Gasteiger partial charge >= 0.3 is 6.09 Å². The van der Waals surface area contributed by atoms with E-state index < -0.39 is 5.60 Å². The van der Waals surface area contributed by atoms with Gasteiger partial charge in [-0.05, 0) is 63.1 Å². The molecule has 1 aliphatic heterocycles. The van der Waals surface area contributed by atoms with Gasteiger partial charge in [-0.25, -0.2) is 14.8 Å². The molecule has 1 aromatic heterocycles. The number of carbonyl (C=O) groups excluding carboxylic acids is 1. The minimum absolute atomic E-state index is 0.193. The number of hydrogen-bond donors (Lipinski definition) is 0. The van der Waals surface area contributed by atoms with E-state index in [-0.39, 0.29) is 12.2 Å². The monoisotopic (exact) mass is 381 g/mol. The summed E-state index contributed by atoms with van der Waals surface area (Å²) in [7, 11) is 0. The van der Waals surface area contributed by atoms with Crippen LogP contribution in [0, 0.1) is 11.8 Å². The van der Waals surface area contributed by atoms with Crippen molar-refractivity contribution >= 4 is 6.09 Å². The third-order valence-electron chi connectivity index (χ3n) is 5.39. The Morgan fingerprint density at radius 3 is 2.39 bits per heavy atom. The number of hydrogen-bond acceptors (Lipinski definition) is 5. The van der Waals surface area contributed by atoms with Crippen LogP contribution in [-0.2, 0) is 4.74 Å². The Bertz CT molecular complexity index is 820. The lowest BCUT2D eigenvalue weighted by Gasteiger charge is -2.25. The molecular formula is C22H27N3O3. The van der Waals surface area contributed by atoms with E-state index in [4.69, 9.17) is 9.47 Å². The zero-order chi connectivity index (χ0) is 19.7. The molecule has 1 saturated carbocycles. The first-order valence-corrected chi connectivity index (χ1v) is 9.87. The Labute approximate surface area is 165 Å². The second-order valence-electron chi connectivity index (χ2n) is 8.77. The minimum Gasteiger partial charge on any atom is -0.490 e. The van der Waals surface area contributed by atoms with E-state index in [1.807, 2.05) is 49.9 Å². The minimum atomic E-state index is -0.449. The molecule has 3 atom stereocenters. The zero-order valence-electron chi connectivity index (χ0n) is 16.7. The van der Waals surface area contributed by atoms with E-state index in [9.17, 15) is 4.79 Å². The van der Waals surface area contributed by atoms with E-state index in [0.29, 0.717) is 11.8 Å². The van der Waals surface area contributed by atoms with Crippen molar-refractivity contribution in [2.75, 3.05) is 13.1 Å². The van der Waals surface area contributed by atoms with Gasteiger partial charge in [-0.3, -0.25) is 0 Å². The van der Waals surface area contributed by atoms with Crippen molar-refractivity contribution in [3.05, 3.63) is 43.0 Å². The fourth-order valence-electron chi connectivity index (χ4n) is 4.21. The SMILES string of the molecule is CC(C)(C)OC(=O)N1C[C@H]2CC(Oc3cccc(-c4cncnc4)c3)C[C@H]2C1. The molecule has 2 fully saturated rings. The van der Waals surface area contributed by atoms with Crippen LogP contribution in [0.5, 0.6) is 5.75 Å². The predicted octanol–water partition coefficient (Wildman–Crippen LogP) is 4.17. The number of benzene rings is 1. The molecule has 148 valence electrons. The van der Waals surface area contributed by atoms with Crippen molar-refractivity contribution in [3.8, 4) is 16.9 Å². The molecule has 2 aromatic rings. The fourth-order valence-corrected chi connectivity index (χ4v) is 4.21. The van der Waals surface area contributed by atoms with E-state index in [1.54, 1.807) is 12.4 Å². The molecule has 2 heterocycles. The first kappa shape index (κ1) is 18.7. The third-order valence-corrected chi connectivity index (χ3v) is 5.39. The van der Waals surface area contributed by atoms with Crippen molar-refractivity contribution in [2.45, 2.75) is 45.3 Å². The Morgan fingerprint density at radius 2 is 1.75 bits per heavy atom. The van der Waals surface area contributed by atoms with Crippen LogP contribution in [0.25, 0.3) is 11.1 Å². The van der Waals surface area contributed by atoms with Gasteiger partial charge in [-0.1, -0.05) is 12.1 Å².